The highest BCUT2D eigenvalue weighted by Gasteiger charge is 2.18. The lowest BCUT2D eigenvalue weighted by Gasteiger charge is -2.34. The van der Waals surface area contributed by atoms with Crippen LogP contribution in [-0.4, -0.2) is 87.8 Å². The summed E-state index contributed by atoms with van der Waals surface area (Å²) in [5.74, 6) is 1.80. The van der Waals surface area contributed by atoms with Gasteiger partial charge >= 0.3 is 0 Å². The summed E-state index contributed by atoms with van der Waals surface area (Å²) in [4.78, 5) is 20.0. The van der Waals surface area contributed by atoms with Gasteiger partial charge in [0, 0.05) is 72.0 Å². The maximum Gasteiger partial charge on any atom is 0.219 e. The highest BCUT2D eigenvalue weighted by atomic mass is 127. The molecule has 0 radical (unpaired) electrons. The topological polar surface area (TPSA) is 78.4 Å². The number of piperazine rings is 1. The van der Waals surface area contributed by atoms with Gasteiger partial charge in [-0.1, -0.05) is 12.1 Å². The zero-order valence-electron chi connectivity index (χ0n) is 19.3. The molecule has 1 aliphatic heterocycles. The molecule has 9 heteroatoms. The Morgan fingerprint density at radius 2 is 1.90 bits per heavy atom. The number of ether oxygens (including phenoxy) is 2. The van der Waals surface area contributed by atoms with Crippen LogP contribution in [0.5, 0.6) is 5.75 Å². The number of hydrogen-bond donors (Lipinski definition) is 2. The monoisotopic (exact) mass is 547 g/mol. The first-order valence-electron chi connectivity index (χ1n) is 10.8. The molecule has 1 saturated heterocycles. The van der Waals surface area contributed by atoms with Crippen LogP contribution in [0.2, 0.25) is 0 Å². The number of guanidine groups is 1. The van der Waals surface area contributed by atoms with Crippen molar-refractivity contribution in [1.29, 1.82) is 0 Å². The molecule has 8 nitrogen and oxygen atoms in total. The van der Waals surface area contributed by atoms with Crippen LogP contribution in [0.25, 0.3) is 0 Å². The van der Waals surface area contributed by atoms with E-state index in [0.717, 1.165) is 62.1 Å². The molecule has 2 rings (SSSR count). The van der Waals surface area contributed by atoms with Gasteiger partial charge in [-0.3, -0.25) is 14.7 Å². The van der Waals surface area contributed by atoms with Crippen LogP contribution >= 0.6 is 24.0 Å². The average Bonchev–Trinajstić information content (AvgIpc) is 2.75. The highest BCUT2D eigenvalue weighted by Crippen LogP contribution is 2.20. The summed E-state index contributed by atoms with van der Waals surface area (Å²) < 4.78 is 11.3. The molecule has 0 aromatic heterocycles. The van der Waals surface area contributed by atoms with Gasteiger partial charge < -0.3 is 25.0 Å². The van der Waals surface area contributed by atoms with Crippen molar-refractivity contribution in [2.45, 2.75) is 27.3 Å². The Balaban J connectivity index is 0.00000480. The van der Waals surface area contributed by atoms with E-state index in [9.17, 15) is 4.79 Å². The first-order chi connectivity index (χ1) is 14.5. The van der Waals surface area contributed by atoms with Crippen LogP contribution < -0.4 is 15.4 Å². The minimum absolute atomic E-state index is 0. The second kappa shape index (κ2) is 15.3. The lowest BCUT2D eigenvalue weighted by Crippen LogP contribution is -2.50. The Kier molecular flexibility index (Phi) is 13.5. The van der Waals surface area contributed by atoms with Crippen LogP contribution in [0.4, 0.5) is 0 Å². The normalized spacial score (nSPS) is 14.7. The number of rotatable bonds is 10. The van der Waals surface area contributed by atoms with Crippen LogP contribution in [-0.2, 0) is 16.1 Å². The van der Waals surface area contributed by atoms with Crippen molar-refractivity contribution < 1.29 is 14.3 Å². The van der Waals surface area contributed by atoms with E-state index in [1.807, 2.05) is 11.8 Å². The molecule has 1 amide bonds. The van der Waals surface area contributed by atoms with Crippen LogP contribution in [0.1, 0.15) is 25.0 Å². The van der Waals surface area contributed by atoms with Crippen LogP contribution in [0.15, 0.2) is 23.2 Å². The van der Waals surface area contributed by atoms with Crippen molar-refractivity contribution in [3.05, 3.63) is 29.3 Å². The van der Waals surface area contributed by atoms with E-state index in [4.69, 9.17) is 9.47 Å². The molecule has 0 saturated carbocycles. The fourth-order valence-electron chi connectivity index (χ4n) is 3.32. The van der Waals surface area contributed by atoms with Gasteiger partial charge in [-0.2, -0.15) is 0 Å². The molecule has 1 aromatic carbocycles. The zero-order chi connectivity index (χ0) is 21.8. The molecule has 0 aliphatic carbocycles. The van der Waals surface area contributed by atoms with Crippen molar-refractivity contribution in [2.24, 2.45) is 4.99 Å². The van der Waals surface area contributed by atoms with Crippen molar-refractivity contribution in [2.75, 3.05) is 66.1 Å². The maximum absolute atomic E-state index is 11.4. The summed E-state index contributed by atoms with van der Waals surface area (Å²) in [5, 5.41) is 6.73. The average molecular weight is 547 g/mol. The minimum Gasteiger partial charge on any atom is -0.491 e. The molecule has 176 valence electrons. The third-order valence-electron chi connectivity index (χ3n) is 5.12. The standard InChI is InChI=1S/C22H37N5O3.HI/c1-5-29-14-15-30-21-16-18(2)6-7-20(21)17-25-22(23-4)24-8-9-26-10-12-27(13-11-26)19(3)28;/h6-7,16H,5,8-15,17H2,1-4H3,(H2,23,24,25);1H. The lowest BCUT2D eigenvalue weighted by atomic mass is 10.1. The van der Waals surface area contributed by atoms with Crippen LogP contribution in [0.3, 0.4) is 0 Å². The largest absolute Gasteiger partial charge is 0.491 e. The predicted molar refractivity (Wildman–Crippen MR) is 135 cm³/mol. The van der Waals surface area contributed by atoms with Gasteiger partial charge in [0.25, 0.3) is 0 Å². The Hall–Kier alpha value is -1.59. The number of nitrogens with one attached hydrogen (secondary N) is 2. The van der Waals surface area contributed by atoms with Crippen molar-refractivity contribution in [3.8, 4) is 5.75 Å². The van der Waals surface area contributed by atoms with E-state index in [1.165, 1.54) is 0 Å². The molecule has 1 aliphatic rings. The minimum atomic E-state index is 0. The quantitative estimate of drug-likeness (QED) is 0.202. The number of carbonyl (C=O) groups excluding carboxylic acids is 1. The zero-order valence-corrected chi connectivity index (χ0v) is 21.6. The number of nitrogens with zero attached hydrogens (tertiary/aromatic N) is 3. The van der Waals surface area contributed by atoms with Gasteiger partial charge in [0.1, 0.15) is 12.4 Å². The smallest absolute Gasteiger partial charge is 0.219 e. The summed E-state index contributed by atoms with van der Waals surface area (Å²) in [7, 11) is 1.77. The third kappa shape index (κ3) is 10.0. The summed E-state index contributed by atoms with van der Waals surface area (Å²) >= 11 is 0. The summed E-state index contributed by atoms with van der Waals surface area (Å²) in [6, 6.07) is 6.23. The SMILES string of the molecule is CCOCCOc1cc(C)ccc1CNC(=NC)NCCN1CCN(C(C)=O)CC1.I. The molecule has 2 N–H and O–H groups in total. The summed E-state index contributed by atoms with van der Waals surface area (Å²) in [5.41, 5.74) is 2.25. The Morgan fingerprint density at radius 3 is 2.55 bits per heavy atom. The molecule has 0 bridgehead atoms. The number of benzene rings is 1. The molecule has 1 heterocycles. The fraction of sp³-hybridized carbons (Fsp3) is 0.636. The van der Waals surface area contributed by atoms with Gasteiger partial charge in [-0.05, 0) is 25.5 Å². The fourth-order valence-corrected chi connectivity index (χ4v) is 3.32. The molecule has 1 aromatic rings. The molecule has 0 spiro atoms. The van der Waals surface area contributed by atoms with Crippen molar-refractivity contribution in [3.63, 3.8) is 0 Å². The Morgan fingerprint density at radius 1 is 1.16 bits per heavy atom. The van der Waals surface area contributed by atoms with Crippen molar-refractivity contribution in [1.82, 2.24) is 20.4 Å². The number of hydrogen-bond acceptors (Lipinski definition) is 5. The second-order valence-electron chi connectivity index (χ2n) is 7.36. The van der Waals surface area contributed by atoms with Gasteiger partial charge in [0.05, 0.1) is 6.61 Å². The highest BCUT2D eigenvalue weighted by molar-refractivity contribution is 14.0. The number of halogens is 1. The van der Waals surface area contributed by atoms with Gasteiger partial charge in [0.15, 0.2) is 5.96 Å². The van der Waals surface area contributed by atoms with E-state index in [2.05, 4.69) is 45.6 Å². The lowest BCUT2D eigenvalue weighted by molar-refractivity contribution is -0.130. The van der Waals surface area contributed by atoms with Crippen molar-refractivity contribution >= 4 is 35.8 Å². The maximum atomic E-state index is 11.4. The van der Waals surface area contributed by atoms with Crippen LogP contribution in [0, 0.1) is 6.92 Å². The van der Waals surface area contributed by atoms with E-state index in [0.29, 0.717) is 26.4 Å². The van der Waals surface area contributed by atoms with E-state index in [1.54, 1.807) is 14.0 Å². The van der Waals surface area contributed by atoms with E-state index in [-0.39, 0.29) is 29.9 Å². The van der Waals surface area contributed by atoms with Gasteiger partial charge in [0.2, 0.25) is 5.91 Å². The second-order valence-corrected chi connectivity index (χ2v) is 7.36. The summed E-state index contributed by atoms with van der Waals surface area (Å²) in [6.07, 6.45) is 0. The molecular weight excluding hydrogens is 509 g/mol. The Labute approximate surface area is 203 Å². The predicted octanol–water partition coefficient (Wildman–Crippen LogP) is 1.86. The number of aryl methyl sites for hydroxylation is 1. The number of amides is 1. The molecule has 0 atom stereocenters. The number of carbonyl (C=O) groups is 1. The van der Waals surface area contributed by atoms with E-state index < -0.39 is 0 Å². The van der Waals surface area contributed by atoms with E-state index >= 15 is 0 Å². The van der Waals surface area contributed by atoms with Gasteiger partial charge in [-0.25, -0.2) is 0 Å². The first kappa shape index (κ1) is 27.4. The van der Waals surface area contributed by atoms with Gasteiger partial charge in [-0.15, -0.1) is 24.0 Å². The number of aliphatic imine (C=N–C) groups is 1. The molecule has 31 heavy (non-hydrogen) atoms. The first-order valence-corrected chi connectivity index (χ1v) is 10.8. The molecular formula is C22H38IN5O3. The molecule has 0 unspecified atom stereocenters. The summed E-state index contributed by atoms with van der Waals surface area (Å²) in [6.45, 7) is 13.3. The molecule has 1 fully saturated rings. The third-order valence-corrected chi connectivity index (χ3v) is 5.12. The Bertz CT molecular complexity index is 694.